The van der Waals surface area contributed by atoms with Gasteiger partial charge in [-0.3, -0.25) is 11.3 Å². The van der Waals surface area contributed by atoms with E-state index in [1.165, 1.54) is 12.1 Å². The van der Waals surface area contributed by atoms with Crippen LogP contribution in [0.4, 0.5) is 4.39 Å². The molecule has 0 aliphatic rings. The molecule has 2 aromatic rings. The Morgan fingerprint density at radius 1 is 1.33 bits per heavy atom. The first kappa shape index (κ1) is 16.7. The highest BCUT2D eigenvalue weighted by Gasteiger charge is 2.15. The SMILES string of the molecule is COc1ccc(CC(NN)c2ccc(F)cc2I)cc1Br. The molecular formula is C15H15BrFIN2O. The van der Waals surface area contributed by atoms with E-state index in [0.29, 0.717) is 6.42 Å². The zero-order valence-corrected chi connectivity index (χ0v) is 15.1. The van der Waals surface area contributed by atoms with Gasteiger partial charge in [-0.15, -0.1) is 0 Å². The number of hydrazine groups is 1. The van der Waals surface area contributed by atoms with E-state index in [2.05, 4.69) is 43.9 Å². The van der Waals surface area contributed by atoms with Gasteiger partial charge < -0.3 is 4.74 Å². The normalized spacial score (nSPS) is 12.2. The average molecular weight is 465 g/mol. The first-order chi connectivity index (χ1) is 10.0. The van der Waals surface area contributed by atoms with Crippen molar-refractivity contribution in [1.82, 2.24) is 5.43 Å². The van der Waals surface area contributed by atoms with Crippen molar-refractivity contribution >= 4 is 38.5 Å². The molecule has 21 heavy (non-hydrogen) atoms. The highest BCUT2D eigenvalue weighted by Crippen LogP contribution is 2.29. The summed E-state index contributed by atoms with van der Waals surface area (Å²) < 4.78 is 20.2. The van der Waals surface area contributed by atoms with Gasteiger partial charge in [-0.2, -0.15) is 0 Å². The minimum absolute atomic E-state index is 0.0854. The molecule has 1 unspecified atom stereocenters. The van der Waals surface area contributed by atoms with Crippen LogP contribution in [-0.4, -0.2) is 7.11 Å². The standard InChI is InChI=1S/C15H15BrFIN2O/c1-21-15-5-2-9(6-12(15)16)7-14(20-19)11-4-3-10(17)8-13(11)18/h2-6,8,14,20H,7,19H2,1H3. The first-order valence-electron chi connectivity index (χ1n) is 6.28. The van der Waals surface area contributed by atoms with Gasteiger partial charge in [0, 0.05) is 3.57 Å². The van der Waals surface area contributed by atoms with Crippen molar-refractivity contribution < 1.29 is 9.13 Å². The summed E-state index contributed by atoms with van der Waals surface area (Å²) in [6.07, 6.45) is 0.695. The maximum absolute atomic E-state index is 13.2. The van der Waals surface area contributed by atoms with Crippen molar-refractivity contribution in [2.75, 3.05) is 7.11 Å². The quantitative estimate of drug-likeness (QED) is 0.400. The number of halogens is 3. The predicted molar refractivity (Wildman–Crippen MR) is 93.6 cm³/mol. The molecule has 2 rings (SSSR count). The Hall–Kier alpha value is -0.700. The molecule has 0 bridgehead atoms. The Labute approximate surface area is 145 Å². The van der Waals surface area contributed by atoms with Gasteiger partial charge in [0.25, 0.3) is 0 Å². The predicted octanol–water partition coefficient (Wildman–Crippen LogP) is 3.95. The number of nitrogens with two attached hydrogens (primary N) is 1. The van der Waals surface area contributed by atoms with Gasteiger partial charge in [0.2, 0.25) is 0 Å². The van der Waals surface area contributed by atoms with E-state index in [1.807, 2.05) is 18.2 Å². The number of nitrogens with one attached hydrogen (secondary N) is 1. The summed E-state index contributed by atoms with van der Waals surface area (Å²) in [5, 5.41) is 0. The lowest BCUT2D eigenvalue weighted by Gasteiger charge is -2.18. The molecule has 0 saturated heterocycles. The monoisotopic (exact) mass is 464 g/mol. The van der Waals surface area contributed by atoms with Gasteiger partial charge in [0.15, 0.2) is 0 Å². The molecule has 112 valence electrons. The zero-order chi connectivity index (χ0) is 15.4. The van der Waals surface area contributed by atoms with Crippen LogP contribution in [0.15, 0.2) is 40.9 Å². The zero-order valence-electron chi connectivity index (χ0n) is 11.4. The fraction of sp³-hybridized carbons (Fsp3) is 0.200. The van der Waals surface area contributed by atoms with Gasteiger partial charge in [-0.1, -0.05) is 12.1 Å². The number of hydrogen-bond donors (Lipinski definition) is 2. The van der Waals surface area contributed by atoms with Crippen molar-refractivity contribution in [3.8, 4) is 5.75 Å². The summed E-state index contributed by atoms with van der Waals surface area (Å²) in [5.41, 5.74) is 4.88. The molecule has 3 nitrogen and oxygen atoms in total. The minimum atomic E-state index is -0.244. The van der Waals surface area contributed by atoms with Crippen LogP contribution >= 0.6 is 38.5 Å². The third-order valence-corrected chi connectivity index (χ3v) is 4.75. The molecule has 0 amide bonds. The number of hydrogen-bond acceptors (Lipinski definition) is 3. The Morgan fingerprint density at radius 2 is 2.10 bits per heavy atom. The molecule has 0 heterocycles. The van der Waals surface area contributed by atoms with Crippen LogP contribution in [0.3, 0.4) is 0 Å². The Kier molecular flexibility index (Phi) is 5.98. The van der Waals surface area contributed by atoms with Gasteiger partial charge >= 0.3 is 0 Å². The van der Waals surface area contributed by atoms with Crippen molar-refractivity contribution in [3.63, 3.8) is 0 Å². The molecule has 0 spiro atoms. The van der Waals surface area contributed by atoms with E-state index in [-0.39, 0.29) is 11.9 Å². The maximum atomic E-state index is 13.2. The lowest BCUT2D eigenvalue weighted by Crippen LogP contribution is -2.30. The summed E-state index contributed by atoms with van der Waals surface area (Å²) in [6.45, 7) is 0. The topological polar surface area (TPSA) is 47.3 Å². The second-order valence-corrected chi connectivity index (χ2v) is 6.57. The molecule has 3 N–H and O–H groups in total. The van der Waals surface area contributed by atoms with E-state index < -0.39 is 0 Å². The van der Waals surface area contributed by atoms with Crippen molar-refractivity contribution in [2.45, 2.75) is 12.5 Å². The van der Waals surface area contributed by atoms with Gasteiger partial charge in [0.1, 0.15) is 11.6 Å². The molecule has 0 fully saturated rings. The number of rotatable bonds is 5. The largest absolute Gasteiger partial charge is 0.496 e. The third kappa shape index (κ3) is 4.15. The van der Waals surface area contributed by atoms with Crippen LogP contribution in [0, 0.1) is 9.39 Å². The van der Waals surface area contributed by atoms with Gasteiger partial charge in [0.05, 0.1) is 17.6 Å². The second-order valence-electron chi connectivity index (χ2n) is 4.56. The molecule has 0 radical (unpaired) electrons. The first-order valence-corrected chi connectivity index (χ1v) is 8.15. The smallest absolute Gasteiger partial charge is 0.133 e. The number of methoxy groups -OCH3 is 1. The molecular weight excluding hydrogens is 450 g/mol. The molecule has 1 atom stereocenters. The maximum Gasteiger partial charge on any atom is 0.133 e. The lowest BCUT2D eigenvalue weighted by molar-refractivity contribution is 0.412. The Morgan fingerprint density at radius 3 is 2.67 bits per heavy atom. The third-order valence-electron chi connectivity index (χ3n) is 3.20. The number of benzene rings is 2. The number of ether oxygens (including phenoxy) is 1. The highest BCUT2D eigenvalue weighted by atomic mass is 127. The van der Waals surface area contributed by atoms with E-state index in [0.717, 1.165) is 24.9 Å². The van der Waals surface area contributed by atoms with E-state index in [4.69, 9.17) is 10.6 Å². The highest BCUT2D eigenvalue weighted by molar-refractivity contribution is 14.1. The van der Waals surface area contributed by atoms with E-state index >= 15 is 0 Å². The summed E-state index contributed by atoms with van der Waals surface area (Å²) in [4.78, 5) is 0. The van der Waals surface area contributed by atoms with Crippen LogP contribution in [-0.2, 0) is 6.42 Å². The van der Waals surface area contributed by atoms with Crippen LogP contribution in [0.25, 0.3) is 0 Å². The summed E-state index contributed by atoms with van der Waals surface area (Å²) in [7, 11) is 1.63. The van der Waals surface area contributed by atoms with E-state index in [1.54, 1.807) is 13.2 Å². The van der Waals surface area contributed by atoms with Crippen LogP contribution in [0.5, 0.6) is 5.75 Å². The summed E-state index contributed by atoms with van der Waals surface area (Å²) in [5.74, 6) is 6.21. The lowest BCUT2D eigenvalue weighted by atomic mass is 9.99. The fourth-order valence-corrected chi connectivity index (χ4v) is 3.56. The van der Waals surface area contributed by atoms with Crippen molar-refractivity contribution in [3.05, 3.63) is 61.4 Å². The summed E-state index contributed by atoms with van der Waals surface area (Å²) in [6, 6.07) is 10.5. The average Bonchev–Trinajstić information content (AvgIpc) is 2.45. The minimum Gasteiger partial charge on any atom is -0.496 e. The van der Waals surface area contributed by atoms with E-state index in [9.17, 15) is 4.39 Å². The summed E-state index contributed by atoms with van der Waals surface area (Å²) >= 11 is 5.59. The molecule has 6 heteroatoms. The van der Waals surface area contributed by atoms with Crippen molar-refractivity contribution in [1.29, 1.82) is 0 Å². The van der Waals surface area contributed by atoms with Crippen molar-refractivity contribution in [2.24, 2.45) is 5.84 Å². The molecule has 0 saturated carbocycles. The van der Waals surface area contributed by atoms with Gasteiger partial charge in [-0.05, 0) is 80.3 Å². The second kappa shape index (κ2) is 7.53. The molecule has 0 aliphatic carbocycles. The molecule has 2 aromatic carbocycles. The molecule has 0 aliphatic heterocycles. The van der Waals surface area contributed by atoms with Crippen LogP contribution in [0.2, 0.25) is 0 Å². The van der Waals surface area contributed by atoms with Crippen LogP contribution in [0.1, 0.15) is 17.2 Å². The Balaban J connectivity index is 2.24. The Bertz CT molecular complexity index is 639. The fourth-order valence-electron chi connectivity index (χ4n) is 2.12. The molecule has 0 aromatic heterocycles. The van der Waals surface area contributed by atoms with Gasteiger partial charge in [-0.25, -0.2) is 4.39 Å². The van der Waals surface area contributed by atoms with Crippen LogP contribution < -0.4 is 16.0 Å².